The minimum atomic E-state index is -4.37. The third-order valence-corrected chi connectivity index (χ3v) is 2.97. The lowest BCUT2D eigenvalue weighted by Gasteiger charge is -2.11. The molecule has 1 heterocycles. The van der Waals surface area contributed by atoms with Crippen LogP contribution in [0.15, 0.2) is 22.7 Å². The highest BCUT2D eigenvalue weighted by molar-refractivity contribution is 9.10. The van der Waals surface area contributed by atoms with Crippen molar-refractivity contribution in [3.63, 3.8) is 0 Å². The molecule has 5 nitrogen and oxygen atoms in total. The fourth-order valence-electron chi connectivity index (χ4n) is 1.41. The van der Waals surface area contributed by atoms with Gasteiger partial charge in [0, 0.05) is 10.2 Å². The third kappa shape index (κ3) is 3.43. The molecule has 0 unspecified atom stereocenters. The van der Waals surface area contributed by atoms with E-state index in [2.05, 4.69) is 36.7 Å². The summed E-state index contributed by atoms with van der Waals surface area (Å²) in [6.07, 6.45) is -4.37. The van der Waals surface area contributed by atoms with Crippen LogP contribution in [-0.2, 0) is 19.8 Å². The number of anilines is 1. The van der Waals surface area contributed by atoms with E-state index in [0.717, 1.165) is 12.1 Å². The van der Waals surface area contributed by atoms with Gasteiger partial charge in [-0.3, -0.25) is 0 Å². The summed E-state index contributed by atoms with van der Waals surface area (Å²) in [5, 5.41) is 14.1. The van der Waals surface area contributed by atoms with Crippen LogP contribution in [0.5, 0.6) is 0 Å². The number of alkyl halides is 3. The Morgan fingerprint density at radius 3 is 2.68 bits per heavy atom. The maximum absolute atomic E-state index is 12.6. The summed E-state index contributed by atoms with van der Waals surface area (Å²) in [7, 11) is 1.61. The Labute approximate surface area is 114 Å². The van der Waals surface area contributed by atoms with Gasteiger partial charge in [-0.2, -0.15) is 18.0 Å². The number of tetrazole rings is 1. The first-order valence-electron chi connectivity index (χ1n) is 5.20. The molecule has 0 aliphatic heterocycles. The van der Waals surface area contributed by atoms with Crippen LogP contribution in [0.1, 0.15) is 11.4 Å². The second-order valence-corrected chi connectivity index (χ2v) is 4.60. The molecule has 19 heavy (non-hydrogen) atoms. The number of hydrogen-bond acceptors (Lipinski definition) is 4. The van der Waals surface area contributed by atoms with Gasteiger partial charge in [0.2, 0.25) is 0 Å². The summed E-state index contributed by atoms with van der Waals surface area (Å²) in [4.78, 5) is 1.28. The first-order valence-corrected chi connectivity index (χ1v) is 5.99. The molecule has 1 aromatic heterocycles. The Kier molecular flexibility index (Phi) is 3.74. The molecule has 2 aromatic rings. The lowest BCUT2D eigenvalue weighted by Crippen LogP contribution is -2.07. The Morgan fingerprint density at radius 1 is 1.37 bits per heavy atom. The van der Waals surface area contributed by atoms with E-state index in [9.17, 15) is 13.2 Å². The quantitative estimate of drug-likeness (QED) is 0.936. The first-order chi connectivity index (χ1) is 8.86. The van der Waals surface area contributed by atoms with Crippen LogP contribution < -0.4 is 5.32 Å². The van der Waals surface area contributed by atoms with Crippen LogP contribution >= 0.6 is 15.9 Å². The fraction of sp³-hybridized carbons (Fsp3) is 0.300. The zero-order valence-electron chi connectivity index (χ0n) is 9.74. The van der Waals surface area contributed by atoms with E-state index in [0.29, 0.717) is 16.0 Å². The Morgan fingerprint density at radius 2 is 2.11 bits per heavy atom. The molecular weight excluding hydrogens is 327 g/mol. The lowest BCUT2D eigenvalue weighted by atomic mass is 10.2. The molecular formula is C10H9BrF3N5. The topological polar surface area (TPSA) is 55.6 Å². The predicted octanol–water partition coefficient (Wildman–Crippen LogP) is 2.60. The number of rotatable bonds is 3. The molecule has 9 heteroatoms. The maximum atomic E-state index is 12.6. The van der Waals surface area contributed by atoms with Crippen LogP contribution in [0, 0.1) is 0 Å². The van der Waals surface area contributed by atoms with Gasteiger partial charge in [-0.05, 0) is 39.3 Å². The second-order valence-electron chi connectivity index (χ2n) is 3.74. The van der Waals surface area contributed by atoms with Crippen molar-refractivity contribution in [2.45, 2.75) is 12.7 Å². The Balaban J connectivity index is 2.15. The molecule has 102 valence electrons. The number of nitrogens with zero attached hydrogens (tertiary/aromatic N) is 4. The molecule has 1 N–H and O–H groups in total. The van der Waals surface area contributed by atoms with Crippen LogP contribution in [0.3, 0.4) is 0 Å². The first kappa shape index (κ1) is 13.8. The third-order valence-electron chi connectivity index (χ3n) is 2.28. The maximum Gasteiger partial charge on any atom is 0.416 e. The molecule has 0 aliphatic carbocycles. The van der Waals surface area contributed by atoms with Crippen molar-refractivity contribution in [3.8, 4) is 0 Å². The monoisotopic (exact) mass is 335 g/mol. The largest absolute Gasteiger partial charge is 0.416 e. The fourth-order valence-corrected chi connectivity index (χ4v) is 1.79. The molecule has 0 radical (unpaired) electrons. The second kappa shape index (κ2) is 5.16. The van der Waals surface area contributed by atoms with E-state index in [1.165, 1.54) is 10.9 Å². The van der Waals surface area contributed by atoms with Crippen LogP contribution in [0.4, 0.5) is 18.9 Å². The van der Waals surface area contributed by atoms with E-state index in [-0.39, 0.29) is 6.54 Å². The highest BCUT2D eigenvalue weighted by Gasteiger charge is 2.30. The standard InChI is InChI=1S/C10H9BrF3N5/c1-19-17-9(16-18-19)5-15-8-4-6(10(12,13)14)2-3-7(8)11/h2-4,15H,5H2,1H3. The molecule has 0 atom stereocenters. The normalized spacial score (nSPS) is 11.6. The van der Waals surface area contributed by atoms with Gasteiger partial charge in [-0.25, -0.2) is 0 Å². The van der Waals surface area contributed by atoms with E-state index in [1.807, 2.05) is 0 Å². The number of aryl methyl sites for hydroxylation is 1. The van der Waals surface area contributed by atoms with Gasteiger partial charge in [0.15, 0.2) is 5.82 Å². The highest BCUT2D eigenvalue weighted by atomic mass is 79.9. The van der Waals surface area contributed by atoms with Gasteiger partial charge in [-0.15, -0.1) is 10.2 Å². The molecule has 0 amide bonds. The SMILES string of the molecule is Cn1nnc(CNc2cc(C(F)(F)F)ccc2Br)n1. The van der Waals surface area contributed by atoms with Gasteiger partial charge in [-0.1, -0.05) is 0 Å². The molecule has 1 aromatic carbocycles. The van der Waals surface area contributed by atoms with Crippen LogP contribution in [0.2, 0.25) is 0 Å². The van der Waals surface area contributed by atoms with Gasteiger partial charge >= 0.3 is 6.18 Å². The van der Waals surface area contributed by atoms with E-state index in [1.54, 1.807) is 7.05 Å². The highest BCUT2D eigenvalue weighted by Crippen LogP contribution is 2.33. The van der Waals surface area contributed by atoms with Crippen molar-refractivity contribution in [1.82, 2.24) is 20.2 Å². The van der Waals surface area contributed by atoms with Crippen molar-refractivity contribution >= 4 is 21.6 Å². The van der Waals surface area contributed by atoms with Gasteiger partial charge in [0.05, 0.1) is 19.2 Å². The van der Waals surface area contributed by atoms with Crippen molar-refractivity contribution < 1.29 is 13.2 Å². The Bertz CT molecular complexity index is 581. The lowest BCUT2D eigenvalue weighted by molar-refractivity contribution is -0.137. The van der Waals surface area contributed by atoms with Crippen molar-refractivity contribution in [2.24, 2.45) is 7.05 Å². The smallest absolute Gasteiger partial charge is 0.377 e. The van der Waals surface area contributed by atoms with Gasteiger partial charge in [0.1, 0.15) is 0 Å². The van der Waals surface area contributed by atoms with Crippen molar-refractivity contribution in [1.29, 1.82) is 0 Å². The van der Waals surface area contributed by atoms with Crippen LogP contribution in [0.25, 0.3) is 0 Å². The van der Waals surface area contributed by atoms with E-state index in [4.69, 9.17) is 0 Å². The minimum absolute atomic E-state index is 0.188. The summed E-state index contributed by atoms with van der Waals surface area (Å²) in [5.74, 6) is 0.395. The van der Waals surface area contributed by atoms with E-state index < -0.39 is 11.7 Å². The summed E-state index contributed by atoms with van der Waals surface area (Å²) >= 11 is 3.18. The molecule has 0 bridgehead atoms. The average molecular weight is 336 g/mol. The summed E-state index contributed by atoms with van der Waals surface area (Å²) in [6, 6.07) is 3.38. The van der Waals surface area contributed by atoms with Gasteiger partial charge in [0.25, 0.3) is 0 Å². The Hall–Kier alpha value is -1.64. The number of benzene rings is 1. The molecule has 0 aliphatic rings. The van der Waals surface area contributed by atoms with Crippen molar-refractivity contribution in [2.75, 3.05) is 5.32 Å². The number of nitrogens with one attached hydrogen (secondary N) is 1. The zero-order chi connectivity index (χ0) is 14.0. The molecule has 0 saturated heterocycles. The summed E-state index contributed by atoms with van der Waals surface area (Å²) in [6.45, 7) is 0.188. The molecule has 0 spiro atoms. The number of hydrogen-bond donors (Lipinski definition) is 1. The van der Waals surface area contributed by atoms with Crippen LogP contribution in [-0.4, -0.2) is 20.2 Å². The van der Waals surface area contributed by atoms with E-state index >= 15 is 0 Å². The number of halogens is 4. The zero-order valence-corrected chi connectivity index (χ0v) is 11.3. The average Bonchev–Trinajstić information content (AvgIpc) is 2.72. The van der Waals surface area contributed by atoms with Crippen molar-refractivity contribution in [3.05, 3.63) is 34.1 Å². The summed E-state index contributed by atoms with van der Waals surface area (Å²) in [5.41, 5.74) is -0.396. The summed E-state index contributed by atoms with van der Waals surface area (Å²) < 4.78 is 38.3. The molecule has 2 rings (SSSR count). The molecule has 0 fully saturated rings. The number of aromatic nitrogens is 4. The predicted molar refractivity (Wildman–Crippen MR) is 65.3 cm³/mol. The van der Waals surface area contributed by atoms with Gasteiger partial charge < -0.3 is 5.32 Å². The minimum Gasteiger partial charge on any atom is -0.377 e. The molecule has 0 saturated carbocycles.